The number of carboxylic acids is 1. The zero-order valence-corrected chi connectivity index (χ0v) is 10.1. The van der Waals surface area contributed by atoms with Crippen molar-refractivity contribution in [2.75, 3.05) is 6.61 Å². The van der Waals surface area contributed by atoms with Crippen molar-refractivity contribution >= 4 is 17.0 Å². The fraction of sp³-hybridized carbons (Fsp3) is 0.385. The fourth-order valence-electron chi connectivity index (χ4n) is 2.48. The Kier molecular flexibility index (Phi) is 2.38. The molecule has 0 bridgehead atoms. The predicted octanol–water partition coefficient (Wildman–Crippen LogP) is 1.66. The average Bonchev–Trinajstić information content (AvgIpc) is 2.65. The van der Waals surface area contributed by atoms with Gasteiger partial charge in [0.15, 0.2) is 0 Å². The van der Waals surface area contributed by atoms with Gasteiger partial charge >= 0.3 is 5.97 Å². The molecule has 1 unspecified atom stereocenters. The second kappa shape index (κ2) is 3.81. The summed E-state index contributed by atoms with van der Waals surface area (Å²) >= 11 is 0. The summed E-state index contributed by atoms with van der Waals surface area (Å²) in [6, 6.07) is 5.83. The number of aliphatic carboxylic acids is 1. The van der Waals surface area contributed by atoms with Crippen LogP contribution in [0.2, 0.25) is 0 Å². The van der Waals surface area contributed by atoms with Gasteiger partial charge in [-0.15, -0.1) is 0 Å². The van der Waals surface area contributed by atoms with Gasteiger partial charge in [0.1, 0.15) is 5.60 Å². The first-order valence-corrected chi connectivity index (χ1v) is 5.88. The summed E-state index contributed by atoms with van der Waals surface area (Å²) in [5.74, 6) is -0.837. The van der Waals surface area contributed by atoms with E-state index in [4.69, 9.17) is 9.84 Å². The Hall–Kier alpha value is -1.88. The molecule has 2 aromatic rings. The van der Waals surface area contributed by atoms with Gasteiger partial charge in [-0.05, 0) is 17.7 Å². The molecule has 0 amide bonds. The Bertz CT molecular complexity index is 614. The number of nitrogens with zero attached hydrogens (tertiary/aromatic N) is 2. The molecule has 5 nitrogen and oxygen atoms in total. The van der Waals surface area contributed by atoms with Crippen LogP contribution in [0.15, 0.2) is 24.5 Å². The van der Waals surface area contributed by atoms with E-state index in [1.807, 2.05) is 29.8 Å². The number of imidazole rings is 1. The third kappa shape index (κ3) is 1.59. The SMILES string of the molecule is Cn1cnc2cc(C3(CC(=O)O)CCO3)ccc21. The van der Waals surface area contributed by atoms with Gasteiger partial charge in [-0.1, -0.05) is 6.07 Å². The minimum Gasteiger partial charge on any atom is -0.481 e. The Morgan fingerprint density at radius 3 is 3.00 bits per heavy atom. The molecule has 3 rings (SSSR count). The van der Waals surface area contributed by atoms with Gasteiger partial charge in [-0.2, -0.15) is 0 Å². The summed E-state index contributed by atoms with van der Waals surface area (Å²) < 4.78 is 7.49. The number of fused-ring (bicyclic) bond motifs is 1. The van der Waals surface area contributed by atoms with E-state index in [1.165, 1.54) is 0 Å². The molecule has 5 heteroatoms. The van der Waals surface area contributed by atoms with Crippen molar-refractivity contribution in [3.63, 3.8) is 0 Å². The summed E-state index contributed by atoms with van der Waals surface area (Å²) in [7, 11) is 1.93. The van der Waals surface area contributed by atoms with Crippen molar-refractivity contribution in [2.45, 2.75) is 18.4 Å². The molecule has 0 radical (unpaired) electrons. The van der Waals surface area contributed by atoms with Gasteiger partial charge in [0, 0.05) is 13.5 Å². The smallest absolute Gasteiger partial charge is 0.306 e. The van der Waals surface area contributed by atoms with Crippen LogP contribution in [-0.4, -0.2) is 27.2 Å². The highest BCUT2D eigenvalue weighted by atomic mass is 16.5. The third-order valence-corrected chi connectivity index (χ3v) is 3.57. The largest absolute Gasteiger partial charge is 0.481 e. The first kappa shape index (κ1) is 11.2. The van der Waals surface area contributed by atoms with E-state index in [0.717, 1.165) is 23.0 Å². The number of ether oxygens (including phenoxy) is 1. The van der Waals surface area contributed by atoms with Crippen LogP contribution in [0.4, 0.5) is 0 Å². The highest BCUT2D eigenvalue weighted by Gasteiger charge is 2.42. The first-order valence-electron chi connectivity index (χ1n) is 5.88. The summed E-state index contributed by atoms with van der Waals surface area (Å²) in [5, 5.41) is 8.99. The van der Waals surface area contributed by atoms with Crippen LogP contribution in [0, 0.1) is 0 Å². The molecule has 1 atom stereocenters. The molecule has 1 N–H and O–H groups in total. The van der Waals surface area contributed by atoms with E-state index in [2.05, 4.69) is 4.98 Å². The topological polar surface area (TPSA) is 64.4 Å². The van der Waals surface area contributed by atoms with E-state index in [0.29, 0.717) is 6.61 Å². The monoisotopic (exact) mass is 246 g/mol. The molecule has 2 heterocycles. The third-order valence-electron chi connectivity index (χ3n) is 3.57. The summed E-state index contributed by atoms with van der Waals surface area (Å²) in [6.07, 6.45) is 2.50. The molecule has 0 aliphatic carbocycles. The van der Waals surface area contributed by atoms with Crippen molar-refractivity contribution in [1.29, 1.82) is 0 Å². The number of hydrogen-bond acceptors (Lipinski definition) is 3. The molecule has 0 saturated carbocycles. The van der Waals surface area contributed by atoms with E-state index < -0.39 is 11.6 Å². The van der Waals surface area contributed by atoms with Crippen molar-refractivity contribution in [1.82, 2.24) is 9.55 Å². The number of rotatable bonds is 3. The van der Waals surface area contributed by atoms with Crippen molar-refractivity contribution in [2.24, 2.45) is 7.05 Å². The maximum absolute atomic E-state index is 10.9. The van der Waals surface area contributed by atoms with Crippen molar-refractivity contribution in [3.8, 4) is 0 Å². The van der Waals surface area contributed by atoms with Crippen LogP contribution < -0.4 is 0 Å². The molecule has 1 saturated heterocycles. The van der Waals surface area contributed by atoms with E-state index >= 15 is 0 Å². The quantitative estimate of drug-likeness (QED) is 0.894. The minimum atomic E-state index is -0.837. The lowest BCUT2D eigenvalue weighted by Gasteiger charge is -2.41. The van der Waals surface area contributed by atoms with Crippen LogP contribution >= 0.6 is 0 Å². The highest BCUT2D eigenvalue weighted by molar-refractivity contribution is 5.77. The lowest BCUT2D eigenvalue weighted by molar-refractivity contribution is -0.176. The van der Waals surface area contributed by atoms with E-state index in [-0.39, 0.29) is 6.42 Å². The van der Waals surface area contributed by atoms with Crippen molar-refractivity contribution < 1.29 is 14.6 Å². The second-order valence-electron chi connectivity index (χ2n) is 4.72. The summed E-state index contributed by atoms with van der Waals surface area (Å²) in [4.78, 5) is 15.2. The lowest BCUT2D eigenvalue weighted by atomic mass is 9.83. The number of aromatic nitrogens is 2. The zero-order valence-electron chi connectivity index (χ0n) is 10.1. The molecule has 94 valence electrons. The average molecular weight is 246 g/mol. The van der Waals surface area contributed by atoms with E-state index in [9.17, 15) is 4.79 Å². The zero-order chi connectivity index (χ0) is 12.8. The Morgan fingerprint density at radius 2 is 2.39 bits per heavy atom. The molecular weight excluding hydrogens is 232 g/mol. The molecule has 18 heavy (non-hydrogen) atoms. The van der Waals surface area contributed by atoms with Gasteiger partial charge in [0.25, 0.3) is 0 Å². The van der Waals surface area contributed by atoms with Gasteiger partial charge < -0.3 is 14.4 Å². The van der Waals surface area contributed by atoms with Gasteiger partial charge in [-0.25, -0.2) is 4.98 Å². The van der Waals surface area contributed by atoms with Crippen LogP contribution in [0.25, 0.3) is 11.0 Å². The molecule has 1 aromatic carbocycles. The molecule has 1 aliphatic heterocycles. The summed E-state index contributed by atoms with van der Waals surface area (Å²) in [5.41, 5.74) is 2.15. The normalized spacial score (nSPS) is 22.9. The second-order valence-corrected chi connectivity index (χ2v) is 4.72. The minimum absolute atomic E-state index is 0.00530. The Morgan fingerprint density at radius 1 is 1.61 bits per heavy atom. The maximum Gasteiger partial charge on any atom is 0.306 e. The molecule has 1 aromatic heterocycles. The molecular formula is C13H14N2O3. The Labute approximate surface area is 104 Å². The molecule has 1 aliphatic rings. The molecule has 0 spiro atoms. The number of carbonyl (C=O) groups is 1. The van der Waals surface area contributed by atoms with Crippen LogP contribution in [-0.2, 0) is 22.2 Å². The number of carboxylic acid groups (broad SMARTS) is 1. The fourth-order valence-corrected chi connectivity index (χ4v) is 2.48. The maximum atomic E-state index is 10.9. The van der Waals surface area contributed by atoms with Crippen LogP contribution in [0.5, 0.6) is 0 Å². The standard InChI is InChI=1S/C13H14N2O3/c1-15-8-14-10-6-9(2-3-11(10)15)13(4-5-18-13)7-12(16)17/h2-3,6,8H,4-5,7H2,1H3,(H,16,17). The van der Waals surface area contributed by atoms with Gasteiger partial charge in [0.2, 0.25) is 0 Å². The van der Waals surface area contributed by atoms with Gasteiger partial charge in [-0.3, -0.25) is 4.79 Å². The predicted molar refractivity (Wildman–Crippen MR) is 65.2 cm³/mol. The van der Waals surface area contributed by atoms with Crippen LogP contribution in [0.1, 0.15) is 18.4 Å². The Balaban J connectivity index is 2.04. The van der Waals surface area contributed by atoms with E-state index in [1.54, 1.807) is 6.33 Å². The number of benzene rings is 1. The number of hydrogen-bond donors (Lipinski definition) is 1. The lowest BCUT2D eigenvalue weighted by Crippen LogP contribution is -2.42. The van der Waals surface area contributed by atoms with Gasteiger partial charge in [0.05, 0.1) is 30.4 Å². The van der Waals surface area contributed by atoms with Crippen molar-refractivity contribution in [3.05, 3.63) is 30.1 Å². The molecule has 1 fully saturated rings. The highest BCUT2D eigenvalue weighted by Crippen LogP contribution is 2.41. The van der Waals surface area contributed by atoms with Crippen LogP contribution in [0.3, 0.4) is 0 Å². The number of aryl methyl sites for hydroxylation is 1. The summed E-state index contributed by atoms with van der Waals surface area (Å²) in [6.45, 7) is 0.619. The first-order chi connectivity index (χ1) is 8.61.